The number of methoxy groups -OCH3 is 1. The van der Waals surface area contributed by atoms with Crippen LogP contribution in [0.2, 0.25) is 0 Å². The lowest BCUT2D eigenvalue weighted by molar-refractivity contribution is -0.145. The van der Waals surface area contributed by atoms with Crippen LogP contribution in [0, 0.1) is 11.8 Å². The largest absolute Gasteiger partial charge is 0.497 e. The second kappa shape index (κ2) is 10.8. The van der Waals surface area contributed by atoms with Gasteiger partial charge >= 0.3 is 0 Å². The lowest BCUT2D eigenvalue weighted by Gasteiger charge is -2.33. The summed E-state index contributed by atoms with van der Waals surface area (Å²) in [5, 5.41) is 8.01. The van der Waals surface area contributed by atoms with E-state index in [1.807, 2.05) is 91.2 Å². The van der Waals surface area contributed by atoms with Gasteiger partial charge in [-0.1, -0.05) is 60.7 Å². The summed E-state index contributed by atoms with van der Waals surface area (Å²) >= 11 is 1.56. The SMILES string of the molecule is COc1ccc(CCN2C(=O)[C@@H]3[C@H](C(=O)NCc4cccs4)[C@]4(C)C=C[C@@]3(O4)[C@H]2C(=O)NCc2ccccc2)cc1. The molecule has 2 fully saturated rings. The van der Waals surface area contributed by atoms with Gasteiger partial charge in [-0.05, 0) is 48.1 Å². The normalized spacial score (nSPS) is 27.6. The predicted octanol–water partition coefficient (Wildman–Crippen LogP) is 3.47. The van der Waals surface area contributed by atoms with Crippen molar-refractivity contribution in [1.29, 1.82) is 0 Å². The van der Waals surface area contributed by atoms with E-state index in [1.54, 1.807) is 23.3 Å². The first-order chi connectivity index (χ1) is 19.8. The Labute approximate surface area is 243 Å². The topological polar surface area (TPSA) is 97.0 Å². The van der Waals surface area contributed by atoms with Crippen LogP contribution < -0.4 is 15.4 Å². The highest BCUT2D eigenvalue weighted by Crippen LogP contribution is 2.59. The average Bonchev–Trinajstić information content (AvgIpc) is 3.74. The number of nitrogens with one attached hydrogen (secondary N) is 2. The molecule has 41 heavy (non-hydrogen) atoms. The number of thiophene rings is 1. The van der Waals surface area contributed by atoms with Gasteiger partial charge in [0, 0.05) is 18.0 Å². The molecule has 0 unspecified atom stereocenters. The molecule has 1 aromatic heterocycles. The summed E-state index contributed by atoms with van der Waals surface area (Å²) in [6.45, 7) is 2.84. The molecule has 9 heteroatoms. The summed E-state index contributed by atoms with van der Waals surface area (Å²) in [5.41, 5.74) is -0.249. The van der Waals surface area contributed by atoms with Crippen molar-refractivity contribution in [3.05, 3.63) is 100 Å². The van der Waals surface area contributed by atoms with Crippen LogP contribution in [-0.2, 0) is 38.6 Å². The van der Waals surface area contributed by atoms with E-state index in [9.17, 15) is 14.4 Å². The van der Waals surface area contributed by atoms with Gasteiger partial charge in [-0.2, -0.15) is 0 Å². The Balaban J connectivity index is 1.28. The third kappa shape index (κ3) is 4.83. The van der Waals surface area contributed by atoms with Crippen molar-refractivity contribution in [1.82, 2.24) is 15.5 Å². The Morgan fingerprint density at radius 1 is 0.951 bits per heavy atom. The summed E-state index contributed by atoms with van der Waals surface area (Å²) < 4.78 is 11.9. The summed E-state index contributed by atoms with van der Waals surface area (Å²) in [5.74, 6) is -1.58. The molecule has 3 aromatic rings. The Morgan fingerprint density at radius 2 is 1.71 bits per heavy atom. The van der Waals surface area contributed by atoms with Crippen molar-refractivity contribution in [3.8, 4) is 5.75 Å². The molecule has 0 radical (unpaired) electrons. The van der Waals surface area contributed by atoms with Crippen LogP contribution in [0.15, 0.2) is 84.3 Å². The third-order valence-corrected chi connectivity index (χ3v) is 9.33. The molecule has 0 aliphatic carbocycles. The van der Waals surface area contributed by atoms with Gasteiger partial charge in [0.05, 0.1) is 31.1 Å². The van der Waals surface area contributed by atoms with E-state index in [4.69, 9.17) is 9.47 Å². The number of amides is 3. The van der Waals surface area contributed by atoms with Crippen molar-refractivity contribution in [2.75, 3.05) is 13.7 Å². The lowest BCUT2D eigenvalue weighted by atomic mass is 9.70. The first-order valence-corrected chi connectivity index (χ1v) is 14.7. The zero-order valence-corrected chi connectivity index (χ0v) is 23.9. The first kappa shape index (κ1) is 27.2. The molecule has 4 heterocycles. The zero-order chi connectivity index (χ0) is 28.6. The Kier molecular flexibility index (Phi) is 7.17. The number of likely N-dealkylation sites (tertiary alicyclic amines) is 1. The van der Waals surface area contributed by atoms with E-state index >= 15 is 0 Å². The molecule has 212 valence electrons. The quantitative estimate of drug-likeness (QED) is 0.364. The van der Waals surface area contributed by atoms with E-state index < -0.39 is 29.1 Å². The predicted molar refractivity (Wildman–Crippen MR) is 155 cm³/mol. The van der Waals surface area contributed by atoms with Gasteiger partial charge in [0.25, 0.3) is 0 Å². The standard InChI is InChI=1S/C32H33N3O5S/c1-31-15-16-32(40-31)26(25(31)28(36)34-20-24-9-6-18-41-24)30(38)35(17-14-21-10-12-23(39-2)13-11-21)27(32)29(37)33-19-22-7-4-3-5-8-22/h3-13,15-16,18,25-27H,14,17,19-20H2,1-2H3,(H,33,37)(H,34,36)/t25-,26+,27-,31+,32+/m1/s1. The van der Waals surface area contributed by atoms with E-state index in [2.05, 4.69) is 10.6 Å². The van der Waals surface area contributed by atoms with Gasteiger partial charge in [-0.15, -0.1) is 11.3 Å². The van der Waals surface area contributed by atoms with E-state index in [0.29, 0.717) is 26.1 Å². The Bertz CT molecular complexity index is 1460. The third-order valence-electron chi connectivity index (χ3n) is 8.45. The summed E-state index contributed by atoms with van der Waals surface area (Å²) in [7, 11) is 1.62. The maximum atomic E-state index is 14.2. The molecule has 3 aliphatic heterocycles. The van der Waals surface area contributed by atoms with Crippen LogP contribution in [0.5, 0.6) is 5.75 Å². The molecule has 3 aliphatic rings. The highest BCUT2D eigenvalue weighted by atomic mass is 32.1. The Hall–Kier alpha value is -3.95. The molecule has 6 rings (SSSR count). The Morgan fingerprint density at radius 3 is 2.41 bits per heavy atom. The van der Waals surface area contributed by atoms with Crippen molar-refractivity contribution >= 4 is 29.1 Å². The van der Waals surface area contributed by atoms with Crippen molar-refractivity contribution in [3.63, 3.8) is 0 Å². The number of carbonyl (C=O) groups excluding carboxylic acids is 3. The maximum Gasteiger partial charge on any atom is 0.246 e. The second-order valence-electron chi connectivity index (χ2n) is 11.0. The van der Waals surface area contributed by atoms with Crippen LogP contribution in [-0.4, -0.2) is 53.5 Å². The summed E-state index contributed by atoms with van der Waals surface area (Å²) in [6, 6.07) is 20.3. The van der Waals surface area contributed by atoms with Gasteiger partial charge in [0.1, 0.15) is 17.4 Å². The minimum atomic E-state index is -1.22. The second-order valence-corrected chi connectivity index (χ2v) is 12.0. The van der Waals surface area contributed by atoms with Gasteiger partial charge in [-0.25, -0.2) is 0 Å². The smallest absolute Gasteiger partial charge is 0.246 e. The fraction of sp³-hybridized carbons (Fsp3) is 0.344. The fourth-order valence-electron chi connectivity index (χ4n) is 6.49. The van der Waals surface area contributed by atoms with Gasteiger partial charge < -0.3 is 25.0 Å². The van der Waals surface area contributed by atoms with Crippen molar-refractivity contribution in [2.45, 2.75) is 43.7 Å². The number of ether oxygens (including phenoxy) is 2. The molecular formula is C32H33N3O5S. The molecular weight excluding hydrogens is 538 g/mol. The highest BCUT2D eigenvalue weighted by molar-refractivity contribution is 7.09. The molecule has 2 saturated heterocycles. The van der Waals surface area contributed by atoms with E-state index in [1.165, 1.54) is 0 Å². The van der Waals surface area contributed by atoms with Gasteiger partial charge in [0.2, 0.25) is 17.7 Å². The van der Waals surface area contributed by atoms with E-state index in [0.717, 1.165) is 21.8 Å². The van der Waals surface area contributed by atoms with Crippen LogP contribution in [0.3, 0.4) is 0 Å². The van der Waals surface area contributed by atoms with Crippen LogP contribution >= 0.6 is 11.3 Å². The molecule has 5 atom stereocenters. The molecule has 8 nitrogen and oxygen atoms in total. The molecule has 2 bridgehead atoms. The number of hydrogen-bond acceptors (Lipinski definition) is 6. The fourth-order valence-corrected chi connectivity index (χ4v) is 7.14. The number of nitrogens with zero attached hydrogens (tertiary/aromatic N) is 1. The minimum Gasteiger partial charge on any atom is -0.497 e. The molecule has 3 amide bonds. The number of benzene rings is 2. The maximum absolute atomic E-state index is 14.2. The van der Waals surface area contributed by atoms with Crippen molar-refractivity contribution in [2.24, 2.45) is 11.8 Å². The van der Waals surface area contributed by atoms with Crippen LogP contribution in [0.25, 0.3) is 0 Å². The van der Waals surface area contributed by atoms with Gasteiger partial charge in [-0.3, -0.25) is 14.4 Å². The molecule has 0 saturated carbocycles. The number of rotatable bonds is 10. The molecule has 1 spiro atoms. The lowest BCUT2D eigenvalue weighted by Crippen LogP contribution is -2.55. The van der Waals surface area contributed by atoms with Crippen LogP contribution in [0.1, 0.15) is 22.9 Å². The van der Waals surface area contributed by atoms with Gasteiger partial charge in [0.15, 0.2) is 0 Å². The average molecular weight is 572 g/mol. The number of carbonyl (C=O) groups is 3. The highest BCUT2D eigenvalue weighted by Gasteiger charge is 2.76. The van der Waals surface area contributed by atoms with Crippen LogP contribution in [0.4, 0.5) is 0 Å². The minimum absolute atomic E-state index is 0.234. The zero-order valence-electron chi connectivity index (χ0n) is 23.0. The summed E-state index contributed by atoms with van der Waals surface area (Å²) in [6.07, 6.45) is 4.24. The number of hydrogen-bond donors (Lipinski definition) is 2. The van der Waals surface area contributed by atoms with E-state index in [-0.39, 0.29) is 17.7 Å². The monoisotopic (exact) mass is 571 g/mol. The number of fused-ring (bicyclic) bond motifs is 1. The molecule has 2 aromatic carbocycles. The summed E-state index contributed by atoms with van der Waals surface area (Å²) in [4.78, 5) is 44.4. The molecule has 2 N–H and O–H groups in total. The van der Waals surface area contributed by atoms with Crippen molar-refractivity contribution < 1.29 is 23.9 Å². The first-order valence-electron chi connectivity index (χ1n) is 13.8.